The van der Waals surface area contributed by atoms with Crippen LogP contribution >= 0.6 is 0 Å². The highest BCUT2D eigenvalue weighted by molar-refractivity contribution is 5.80. The van der Waals surface area contributed by atoms with Crippen molar-refractivity contribution in [1.29, 1.82) is 0 Å². The molecule has 0 saturated carbocycles. The Hall–Kier alpha value is -1.88. The summed E-state index contributed by atoms with van der Waals surface area (Å²) in [5.41, 5.74) is 6.16. The monoisotopic (exact) mass is 219 g/mol. The number of nitrogens with zero attached hydrogens (tertiary/aromatic N) is 1. The van der Waals surface area contributed by atoms with Crippen molar-refractivity contribution in [3.8, 4) is 0 Å². The number of fused-ring (bicyclic) bond motifs is 1. The first-order valence-electron chi connectivity index (χ1n) is 5.02. The SMILES string of the molecule is Cc1cccc2[nH]c(=O)n(C(C)N)c(=O)c12. The molecule has 1 heterocycles. The van der Waals surface area contributed by atoms with Gasteiger partial charge in [0, 0.05) is 0 Å². The Balaban J connectivity index is 3.04. The van der Waals surface area contributed by atoms with Gasteiger partial charge in [-0.2, -0.15) is 0 Å². The van der Waals surface area contributed by atoms with E-state index in [-0.39, 0.29) is 5.56 Å². The van der Waals surface area contributed by atoms with Gasteiger partial charge in [0.15, 0.2) is 0 Å². The van der Waals surface area contributed by atoms with E-state index >= 15 is 0 Å². The van der Waals surface area contributed by atoms with Gasteiger partial charge in [0.25, 0.3) is 5.56 Å². The molecule has 1 atom stereocenters. The summed E-state index contributed by atoms with van der Waals surface area (Å²) < 4.78 is 1.02. The van der Waals surface area contributed by atoms with Gasteiger partial charge in [0.1, 0.15) is 0 Å². The minimum atomic E-state index is -0.639. The molecule has 3 N–H and O–H groups in total. The van der Waals surface area contributed by atoms with E-state index in [9.17, 15) is 9.59 Å². The van der Waals surface area contributed by atoms with Crippen molar-refractivity contribution in [1.82, 2.24) is 9.55 Å². The Kier molecular flexibility index (Phi) is 2.40. The van der Waals surface area contributed by atoms with E-state index in [0.717, 1.165) is 10.1 Å². The fourth-order valence-corrected chi connectivity index (χ4v) is 1.81. The van der Waals surface area contributed by atoms with Crippen LogP contribution in [0, 0.1) is 6.92 Å². The van der Waals surface area contributed by atoms with E-state index in [1.54, 1.807) is 19.1 Å². The molecule has 0 aliphatic rings. The van der Waals surface area contributed by atoms with E-state index in [1.807, 2.05) is 13.0 Å². The fraction of sp³-hybridized carbons (Fsp3) is 0.273. The smallest absolute Gasteiger partial charge is 0.311 e. The number of hydrogen-bond acceptors (Lipinski definition) is 3. The second-order valence-corrected chi connectivity index (χ2v) is 3.84. The summed E-state index contributed by atoms with van der Waals surface area (Å²) in [5.74, 6) is 0. The highest BCUT2D eigenvalue weighted by Gasteiger charge is 2.11. The normalized spacial score (nSPS) is 12.9. The molecular weight excluding hydrogens is 206 g/mol. The Morgan fingerprint density at radius 1 is 1.38 bits per heavy atom. The van der Waals surface area contributed by atoms with Crippen LogP contribution in [0.25, 0.3) is 10.9 Å². The average molecular weight is 219 g/mol. The summed E-state index contributed by atoms with van der Waals surface area (Å²) in [4.78, 5) is 26.4. The lowest BCUT2D eigenvalue weighted by Gasteiger charge is -2.10. The third-order valence-corrected chi connectivity index (χ3v) is 2.57. The van der Waals surface area contributed by atoms with E-state index < -0.39 is 11.9 Å². The Bertz CT molecular complexity index is 652. The van der Waals surface area contributed by atoms with Crippen molar-refractivity contribution in [2.75, 3.05) is 0 Å². The van der Waals surface area contributed by atoms with Crippen LogP contribution in [0.4, 0.5) is 0 Å². The molecule has 0 amide bonds. The lowest BCUT2D eigenvalue weighted by atomic mass is 10.1. The predicted octanol–water partition coefficient (Wildman–Crippen LogP) is 0.475. The van der Waals surface area contributed by atoms with E-state index in [1.165, 1.54) is 0 Å². The zero-order valence-electron chi connectivity index (χ0n) is 9.15. The molecule has 5 nitrogen and oxygen atoms in total. The number of aromatic nitrogens is 2. The highest BCUT2D eigenvalue weighted by atomic mass is 16.2. The molecule has 2 aromatic rings. The van der Waals surface area contributed by atoms with Crippen LogP contribution in [-0.2, 0) is 0 Å². The third-order valence-electron chi connectivity index (χ3n) is 2.57. The van der Waals surface area contributed by atoms with Gasteiger partial charge in [-0.1, -0.05) is 12.1 Å². The molecule has 16 heavy (non-hydrogen) atoms. The van der Waals surface area contributed by atoms with Crippen LogP contribution in [0.5, 0.6) is 0 Å². The first-order chi connectivity index (χ1) is 7.52. The zero-order valence-corrected chi connectivity index (χ0v) is 9.15. The summed E-state index contributed by atoms with van der Waals surface area (Å²) in [6, 6.07) is 5.33. The Labute approximate surface area is 91.5 Å². The van der Waals surface area contributed by atoms with Gasteiger partial charge >= 0.3 is 5.69 Å². The van der Waals surface area contributed by atoms with Crippen molar-refractivity contribution in [3.05, 3.63) is 44.6 Å². The molecule has 0 aliphatic heterocycles. The molecule has 2 rings (SSSR count). The lowest BCUT2D eigenvalue weighted by Crippen LogP contribution is -2.40. The van der Waals surface area contributed by atoms with Gasteiger partial charge in [0.2, 0.25) is 0 Å². The van der Waals surface area contributed by atoms with Crippen molar-refractivity contribution in [2.24, 2.45) is 5.73 Å². The summed E-state index contributed by atoms with van der Waals surface area (Å²) in [5, 5.41) is 0.513. The maximum atomic E-state index is 12.1. The largest absolute Gasteiger partial charge is 0.330 e. The summed E-state index contributed by atoms with van der Waals surface area (Å²) in [6.45, 7) is 3.42. The highest BCUT2D eigenvalue weighted by Crippen LogP contribution is 2.10. The van der Waals surface area contributed by atoms with Gasteiger partial charge in [-0.25, -0.2) is 9.36 Å². The minimum Gasteiger partial charge on any atom is -0.311 e. The second-order valence-electron chi connectivity index (χ2n) is 3.84. The zero-order chi connectivity index (χ0) is 11.9. The van der Waals surface area contributed by atoms with Crippen molar-refractivity contribution >= 4 is 10.9 Å². The molecule has 5 heteroatoms. The number of aromatic amines is 1. The van der Waals surface area contributed by atoms with Gasteiger partial charge < -0.3 is 10.7 Å². The Morgan fingerprint density at radius 2 is 2.06 bits per heavy atom. The number of aryl methyl sites for hydroxylation is 1. The molecule has 0 bridgehead atoms. The first kappa shape index (κ1) is 10.6. The molecule has 0 radical (unpaired) electrons. The first-order valence-corrected chi connectivity index (χ1v) is 5.02. The van der Waals surface area contributed by atoms with E-state index in [4.69, 9.17) is 5.73 Å². The number of benzene rings is 1. The van der Waals surface area contributed by atoms with Gasteiger partial charge in [-0.05, 0) is 25.5 Å². The molecule has 1 unspecified atom stereocenters. The quantitative estimate of drug-likeness (QED) is 0.731. The third kappa shape index (κ3) is 1.45. The molecule has 84 valence electrons. The van der Waals surface area contributed by atoms with Gasteiger partial charge in [-0.3, -0.25) is 4.79 Å². The average Bonchev–Trinajstić information content (AvgIpc) is 2.15. The molecular formula is C11H13N3O2. The van der Waals surface area contributed by atoms with Crippen LogP contribution in [-0.4, -0.2) is 9.55 Å². The molecule has 0 saturated heterocycles. The second kappa shape index (κ2) is 3.61. The van der Waals surface area contributed by atoms with Crippen LogP contribution < -0.4 is 17.0 Å². The molecule has 0 fully saturated rings. The summed E-state index contributed by atoms with van der Waals surface area (Å²) in [6.07, 6.45) is -0.639. The lowest BCUT2D eigenvalue weighted by molar-refractivity contribution is 0.528. The maximum absolute atomic E-state index is 12.1. The number of nitrogens with one attached hydrogen (secondary N) is 1. The number of nitrogens with two attached hydrogens (primary N) is 1. The van der Waals surface area contributed by atoms with E-state index in [0.29, 0.717) is 10.9 Å². The van der Waals surface area contributed by atoms with Crippen LogP contribution in [0.2, 0.25) is 0 Å². The van der Waals surface area contributed by atoms with Crippen LogP contribution in [0.3, 0.4) is 0 Å². The Morgan fingerprint density at radius 3 is 2.69 bits per heavy atom. The van der Waals surface area contributed by atoms with Crippen molar-refractivity contribution in [2.45, 2.75) is 20.0 Å². The van der Waals surface area contributed by atoms with E-state index in [2.05, 4.69) is 4.98 Å². The molecule has 0 aliphatic carbocycles. The van der Waals surface area contributed by atoms with Crippen molar-refractivity contribution < 1.29 is 0 Å². The van der Waals surface area contributed by atoms with Crippen LogP contribution in [0.1, 0.15) is 18.7 Å². The number of rotatable bonds is 1. The van der Waals surface area contributed by atoms with Crippen LogP contribution in [0.15, 0.2) is 27.8 Å². The predicted molar refractivity (Wildman–Crippen MR) is 62.5 cm³/mol. The summed E-state index contributed by atoms with van der Waals surface area (Å²) in [7, 11) is 0. The fourth-order valence-electron chi connectivity index (χ4n) is 1.81. The van der Waals surface area contributed by atoms with Gasteiger partial charge in [0.05, 0.1) is 17.1 Å². The van der Waals surface area contributed by atoms with Crippen molar-refractivity contribution in [3.63, 3.8) is 0 Å². The molecule has 1 aromatic heterocycles. The number of hydrogen-bond donors (Lipinski definition) is 2. The maximum Gasteiger partial charge on any atom is 0.330 e. The standard InChI is InChI=1S/C11H13N3O2/c1-6-4-3-5-8-9(6)10(15)14(7(2)12)11(16)13-8/h3-5,7H,12H2,1-2H3,(H,13,16). The topological polar surface area (TPSA) is 80.9 Å². The number of H-pyrrole nitrogens is 1. The summed E-state index contributed by atoms with van der Waals surface area (Å²) >= 11 is 0. The minimum absolute atomic E-state index is 0.341. The van der Waals surface area contributed by atoms with Gasteiger partial charge in [-0.15, -0.1) is 0 Å². The molecule has 1 aromatic carbocycles. The molecule has 0 spiro atoms.